The molecule has 0 unspecified atom stereocenters. The van der Waals surface area contributed by atoms with Crippen LogP contribution in [0.5, 0.6) is 0 Å². The molecule has 1 aromatic heterocycles. The third-order valence-electron chi connectivity index (χ3n) is 3.45. The highest BCUT2D eigenvalue weighted by Gasteiger charge is 2.30. The maximum Gasteiger partial charge on any atom is 0.416 e. The Bertz CT molecular complexity index is 884. The van der Waals surface area contributed by atoms with Crippen LogP contribution in [0.3, 0.4) is 0 Å². The molecule has 1 heterocycles. The second-order valence-electron chi connectivity index (χ2n) is 5.15. The van der Waals surface area contributed by atoms with E-state index in [1.165, 1.54) is 53.5 Å². The molecule has 0 saturated heterocycles. The number of aromatic nitrogens is 2. The molecule has 0 radical (unpaired) electrons. The van der Waals surface area contributed by atoms with Crippen molar-refractivity contribution in [3.63, 3.8) is 0 Å². The minimum absolute atomic E-state index is 0.159. The van der Waals surface area contributed by atoms with Crippen LogP contribution in [0.15, 0.2) is 61.1 Å². The minimum Gasteiger partial charge on any atom is -0.321 e. The number of carbonyl (C=O) groups is 1. The monoisotopic (exact) mass is 349 g/mol. The van der Waals surface area contributed by atoms with Crippen molar-refractivity contribution >= 4 is 11.6 Å². The number of rotatable bonds is 3. The highest BCUT2D eigenvalue weighted by Crippen LogP contribution is 2.29. The lowest BCUT2D eigenvalue weighted by atomic mass is 10.2. The van der Waals surface area contributed by atoms with Crippen LogP contribution >= 0.6 is 0 Å². The number of nitrogens with one attached hydrogen (secondary N) is 1. The highest BCUT2D eigenvalue weighted by atomic mass is 19.4. The third kappa shape index (κ3) is 3.68. The van der Waals surface area contributed by atoms with Crippen LogP contribution in [0.2, 0.25) is 0 Å². The number of alkyl halides is 3. The Kier molecular flexibility index (Phi) is 4.26. The van der Waals surface area contributed by atoms with Gasteiger partial charge < -0.3 is 5.32 Å². The maximum atomic E-state index is 13.0. The van der Waals surface area contributed by atoms with E-state index in [2.05, 4.69) is 10.3 Å². The summed E-state index contributed by atoms with van der Waals surface area (Å²) in [5.74, 6) is -0.971. The molecule has 128 valence electrons. The molecule has 0 fully saturated rings. The van der Waals surface area contributed by atoms with Gasteiger partial charge in [-0.1, -0.05) is 0 Å². The van der Waals surface area contributed by atoms with Gasteiger partial charge in [0, 0.05) is 11.4 Å². The van der Waals surface area contributed by atoms with E-state index in [1.807, 2.05) is 0 Å². The zero-order valence-corrected chi connectivity index (χ0v) is 12.6. The lowest BCUT2D eigenvalue weighted by Gasteiger charge is -2.10. The number of amides is 1. The molecule has 0 aliphatic heterocycles. The molecule has 0 bridgehead atoms. The van der Waals surface area contributed by atoms with Crippen LogP contribution in [0.25, 0.3) is 5.69 Å². The van der Waals surface area contributed by atoms with Crippen molar-refractivity contribution in [1.82, 2.24) is 9.55 Å². The van der Waals surface area contributed by atoms with Crippen molar-refractivity contribution in [1.29, 1.82) is 0 Å². The standard InChI is InChI=1S/C17H11F4N3O/c18-12-3-7-14(8-4-12)24-10-22-9-15(24)16(25)23-13-5-1-11(2-6-13)17(19,20)21/h1-10H,(H,23,25). The predicted octanol–water partition coefficient (Wildman–Crippen LogP) is 4.28. The van der Waals surface area contributed by atoms with Gasteiger partial charge in [0.25, 0.3) is 5.91 Å². The molecule has 1 amide bonds. The summed E-state index contributed by atoms with van der Waals surface area (Å²) in [7, 11) is 0. The zero-order valence-electron chi connectivity index (χ0n) is 12.6. The van der Waals surface area contributed by atoms with Crippen LogP contribution in [0.4, 0.5) is 23.2 Å². The summed E-state index contributed by atoms with van der Waals surface area (Å²) in [4.78, 5) is 16.2. The Morgan fingerprint density at radius 3 is 2.24 bits per heavy atom. The number of carbonyl (C=O) groups excluding carboxylic acids is 1. The smallest absolute Gasteiger partial charge is 0.321 e. The molecule has 0 spiro atoms. The van der Waals surface area contributed by atoms with Crippen molar-refractivity contribution in [2.24, 2.45) is 0 Å². The Labute approximate surface area is 139 Å². The summed E-state index contributed by atoms with van der Waals surface area (Å²) >= 11 is 0. The largest absolute Gasteiger partial charge is 0.416 e. The molecule has 2 aromatic carbocycles. The first-order chi connectivity index (χ1) is 11.8. The van der Waals surface area contributed by atoms with E-state index in [9.17, 15) is 22.4 Å². The molecule has 0 atom stereocenters. The average Bonchev–Trinajstić information content (AvgIpc) is 3.05. The van der Waals surface area contributed by atoms with Gasteiger partial charge in [-0.3, -0.25) is 9.36 Å². The number of nitrogens with zero attached hydrogens (tertiary/aromatic N) is 2. The van der Waals surface area contributed by atoms with Crippen molar-refractivity contribution < 1.29 is 22.4 Å². The summed E-state index contributed by atoms with van der Waals surface area (Å²) in [5.41, 5.74) is 0.0923. The Balaban J connectivity index is 1.81. The fraction of sp³-hybridized carbons (Fsp3) is 0.0588. The van der Waals surface area contributed by atoms with E-state index in [4.69, 9.17) is 0 Å². The molecule has 0 aliphatic carbocycles. The van der Waals surface area contributed by atoms with Crippen molar-refractivity contribution in [2.45, 2.75) is 6.18 Å². The van der Waals surface area contributed by atoms with E-state index in [0.29, 0.717) is 5.69 Å². The molecule has 3 rings (SSSR count). The van der Waals surface area contributed by atoms with E-state index >= 15 is 0 Å². The highest BCUT2D eigenvalue weighted by molar-refractivity contribution is 6.03. The van der Waals surface area contributed by atoms with Gasteiger partial charge in [-0.15, -0.1) is 0 Å². The van der Waals surface area contributed by atoms with Crippen LogP contribution in [0.1, 0.15) is 16.1 Å². The molecule has 25 heavy (non-hydrogen) atoms. The van der Waals surface area contributed by atoms with E-state index in [0.717, 1.165) is 12.1 Å². The quantitative estimate of drug-likeness (QED) is 0.718. The molecule has 1 N–H and O–H groups in total. The van der Waals surface area contributed by atoms with Gasteiger partial charge in [0.15, 0.2) is 0 Å². The van der Waals surface area contributed by atoms with Gasteiger partial charge >= 0.3 is 6.18 Å². The summed E-state index contributed by atoms with van der Waals surface area (Å²) < 4.78 is 52.1. The summed E-state index contributed by atoms with van der Waals surface area (Å²) in [6.07, 6.45) is -1.75. The zero-order chi connectivity index (χ0) is 18.0. The minimum atomic E-state index is -4.44. The first kappa shape index (κ1) is 16.7. The maximum absolute atomic E-state index is 13.0. The molecule has 8 heteroatoms. The number of hydrogen-bond acceptors (Lipinski definition) is 2. The van der Waals surface area contributed by atoms with Crippen LogP contribution in [0, 0.1) is 5.82 Å². The SMILES string of the molecule is O=C(Nc1ccc(C(F)(F)F)cc1)c1cncn1-c1ccc(F)cc1. The topological polar surface area (TPSA) is 46.9 Å². The Morgan fingerprint density at radius 1 is 1.00 bits per heavy atom. The number of benzene rings is 2. The first-order valence-electron chi connectivity index (χ1n) is 7.11. The number of halogens is 4. The molecular formula is C17H11F4N3O. The molecule has 0 aliphatic rings. The second kappa shape index (κ2) is 6.39. The van der Waals surface area contributed by atoms with Gasteiger partial charge in [-0.2, -0.15) is 13.2 Å². The fourth-order valence-electron chi connectivity index (χ4n) is 2.21. The first-order valence-corrected chi connectivity index (χ1v) is 7.11. The van der Waals surface area contributed by atoms with Gasteiger partial charge in [0.2, 0.25) is 0 Å². The number of imidazole rings is 1. The van der Waals surface area contributed by atoms with E-state index < -0.39 is 23.5 Å². The molecular weight excluding hydrogens is 338 g/mol. The van der Waals surface area contributed by atoms with E-state index in [1.54, 1.807) is 0 Å². The Hall–Kier alpha value is -3.16. The fourth-order valence-corrected chi connectivity index (χ4v) is 2.21. The summed E-state index contributed by atoms with van der Waals surface area (Å²) in [5, 5.41) is 2.50. The van der Waals surface area contributed by atoms with Crippen molar-refractivity contribution in [3.8, 4) is 5.69 Å². The molecule has 3 aromatic rings. The van der Waals surface area contributed by atoms with Gasteiger partial charge in [-0.05, 0) is 48.5 Å². The summed E-state index contributed by atoms with van der Waals surface area (Å²) in [6.45, 7) is 0. The summed E-state index contributed by atoms with van der Waals surface area (Å²) in [6, 6.07) is 9.54. The normalized spacial score (nSPS) is 11.4. The van der Waals surface area contributed by atoms with Crippen LogP contribution in [-0.2, 0) is 6.18 Å². The van der Waals surface area contributed by atoms with Crippen molar-refractivity contribution in [3.05, 3.63) is 78.1 Å². The van der Waals surface area contributed by atoms with Gasteiger partial charge in [0.1, 0.15) is 11.5 Å². The predicted molar refractivity (Wildman–Crippen MR) is 82.9 cm³/mol. The van der Waals surface area contributed by atoms with Crippen LogP contribution in [-0.4, -0.2) is 15.5 Å². The lowest BCUT2D eigenvalue weighted by Crippen LogP contribution is -2.16. The molecule has 0 saturated carbocycles. The lowest BCUT2D eigenvalue weighted by molar-refractivity contribution is -0.137. The van der Waals surface area contributed by atoms with E-state index in [-0.39, 0.29) is 11.4 Å². The van der Waals surface area contributed by atoms with Crippen LogP contribution < -0.4 is 5.32 Å². The molecule has 4 nitrogen and oxygen atoms in total. The van der Waals surface area contributed by atoms with Crippen molar-refractivity contribution in [2.75, 3.05) is 5.32 Å². The average molecular weight is 349 g/mol. The number of hydrogen-bond donors (Lipinski definition) is 1. The Morgan fingerprint density at radius 2 is 1.64 bits per heavy atom. The number of anilines is 1. The van der Waals surface area contributed by atoms with Gasteiger partial charge in [0.05, 0.1) is 18.1 Å². The van der Waals surface area contributed by atoms with Gasteiger partial charge in [-0.25, -0.2) is 9.37 Å². The third-order valence-corrected chi connectivity index (χ3v) is 3.45. The second-order valence-corrected chi connectivity index (χ2v) is 5.15.